The molecule has 1 unspecified atom stereocenters. The van der Waals surface area contributed by atoms with E-state index in [0.717, 1.165) is 11.8 Å². The predicted octanol–water partition coefficient (Wildman–Crippen LogP) is 1.76. The third-order valence-electron chi connectivity index (χ3n) is 1.60. The summed E-state index contributed by atoms with van der Waals surface area (Å²) in [4.78, 5) is 11.1. The number of carbonyl (C=O) groups excluding carboxylic acids is 1. The first-order valence-electron chi connectivity index (χ1n) is 4.69. The molecule has 0 radical (unpaired) electrons. The lowest BCUT2D eigenvalue weighted by Crippen LogP contribution is -2.21. The molecule has 1 atom stereocenters. The van der Waals surface area contributed by atoms with E-state index >= 15 is 0 Å². The molecule has 0 aromatic heterocycles. The molecule has 0 fully saturated rings. The molecule has 0 aliphatic heterocycles. The third-order valence-corrected chi connectivity index (χ3v) is 4.13. The number of hydrogen-bond acceptors (Lipinski definition) is 4. The second kappa shape index (κ2) is 8.28. The minimum atomic E-state index is -3.06. The summed E-state index contributed by atoms with van der Waals surface area (Å²) in [5, 5.41) is 3.55. The monoisotopic (exact) mass is 301 g/mol. The number of halogens is 1. The van der Waals surface area contributed by atoms with Gasteiger partial charge in [-0.2, -0.15) is 0 Å². The van der Waals surface area contributed by atoms with Gasteiger partial charge in [0.1, 0.15) is 6.16 Å². The molecule has 5 nitrogen and oxygen atoms in total. The maximum Gasteiger partial charge on any atom is 0.316 e. The highest BCUT2D eigenvalue weighted by molar-refractivity contribution is 9.09. The number of rotatable bonds is 8. The quantitative estimate of drug-likeness (QED) is 0.320. The predicted molar refractivity (Wildman–Crippen MR) is 62.5 cm³/mol. The maximum atomic E-state index is 11.9. The summed E-state index contributed by atoms with van der Waals surface area (Å²) in [6.45, 7) is 2.52. The van der Waals surface area contributed by atoms with E-state index in [-0.39, 0.29) is 12.8 Å². The summed E-state index contributed by atoms with van der Waals surface area (Å²) in [6, 6.07) is 0. The van der Waals surface area contributed by atoms with E-state index in [9.17, 15) is 9.36 Å². The van der Waals surface area contributed by atoms with Gasteiger partial charge in [-0.1, -0.05) is 15.9 Å². The molecule has 0 aliphatic carbocycles. The highest BCUT2D eigenvalue weighted by Gasteiger charge is 2.25. The van der Waals surface area contributed by atoms with Crippen molar-refractivity contribution in [1.82, 2.24) is 5.09 Å². The van der Waals surface area contributed by atoms with Gasteiger partial charge in [0, 0.05) is 19.0 Å². The number of nitrogens with one attached hydrogen (secondary N) is 1. The van der Waals surface area contributed by atoms with Gasteiger partial charge in [0.25, 0.3) is 7.52 Å². The topological polar surface area (TPSA) is 64.6 Å². The zero-order chi connectivity index (χ0) is 11.7. The molecular weight excluding hydrogens is 285 g/mol. The Bertz CT molecular complexity index is 237. The number of carbonyl (C=O) groups is 1. The van der Waals surface area contributed by atoms with Gasteiger partial charge in [-0.3, -0.25) is 9.36 Å². The zero-order valence-electron chi connectivity index (χ0n) is 8.99. The van der Waals surface area contributed by atoms with Crippen LogP contribution in [-0.4, -0.2) is 37.7 Å². The van der Waals surface area contributed by atoms with Gasteiger partial charge in [-0.25, -0.2) is 5.09 Å². The van der Waals surface area contributed by atoms with Gasteiger partial charge in [-0.15, -0.1) is 0 Å². The molecule has 0 rings (SSSR count). The van der Waals surface area contributed by atoms with Gasteiger partial charge < -0.3 is 9.26 Å². The van der Waals surface area contributed by atoms with Gasteiger partial charge in [0.05, 0.1) is 6.61 Å². The molecule has 90 valence electrons. The SMILES string of the molecule is CCOC(=O)CP(=O)(NCCCBr)OC. The van der Waals surface area contributed by atoms with Crippen molar-refractivity contribution in [3.8, 4) is 0 Å². The lowest BCUT2D eigenvalue weighted by atomic mass is 10.5. The molecule has 0 aromatic carbocycles. The zero-order valence-corrected chi connectivity index (χ0v) is 11.5. The summed E-state index contributed by atoms with van der Waals surface area (Å²) in [6.07, 6.45) is 0.593. The van der Waals surface area contributed by atoms with E-state index in [2.05, 4.69) is 21.0 Å². The molecule has 7 heteroatoms. The molecule has 1 N–H and O–H groups in total. The first-order chi connectivity index (χ1) is 7.08. The third kappa shape index (κ3) is 7.06. The van der Waals surface area contributed by atoms with Crippen LogP contribution in [0.1, 0.15) is 13.3 Å². The van der Waals surface area contributed by atoms with E-state index in [1.165, 1.54) is 7.11 Å². The van der Waals surface area contributed by atoms with Crippen LogP contribution in [0.2, 0.25) is 0 Å². The molecule has 0 saturated carbocycles. The van der Waals surface area contributed by atoms with Crippen LogP contribution >= 0.6 is 23.4 Å². The van der Waals surface area contributed by atoms with Crippen LogP contribution in [0.15, 0.2) is 0 Å². The van der Waals surface area contributed by atoms with Crippen LogP contribution < -0.4 is 5.09 Å². The fourth-order valence-corrected chi connectivity index (χ4v) is 2.46. The van der Waals surface area contributed by atoms with Crippen LogP contribution in [-0.2, 0) is 18.6 Å². The molecular formula is C8H17BrNO4P. The highest BCUT2D eigenvalue weighted by Crippen LogP contribution is 2.40. The normalized spacial score (nSPS) is 14.6. The van der Waals surface area contributed by atoms with Crippen molar-refractivity contribution in [2.24, 2.45) is 0 Å². The van der Waals surface area contributed by atoms with Crippen LogP contribution in [0.4, 0.5) is 0 Å². The number of alkyl halides is 1. The average molecular weight is 302 g/mol. The first kappa shape index (κ1) is 15.1. The fourth-order valence-electron chi connectivity index (χ4n) is 0.878. The van der Waals surface area contributed by atoms with E-state index < -0.39 is 13.5 Å². The second-order valence-corrected chi connectivity index (χ2v) is 5.91. The second-order valence-electron chi connectivity index (χ2n) is 2.77. The van der Waals surface area contributed by atoms with E-state index in [4.69, 9.17) is 9.26 Å². The Morgan fingerprint density at radius 3 is 2.67 bits per heavy atom. The van der Waals surface area contributed by atoms with Gasteiger partial charge >= 0.3 is 5.97 Å². The number of ether oxygens (including phenoxy) is 1. The van der Waals surface area contributed by atoms with E-state index in [0.29, 0.717) is 6.54 Å². The van der Waals surface area contributed by atoms with Crippen LogP contribution in [0, 0.1) is 0 Å². The lowest BCUT2D eigenvalue weighted by molar-refractivity contribution is -0.140. The van der Waals surface area contributed by atoms with Gasteiger partial charge in [-0.05, 0) is 13.3 Å². The number of esters is 1. The molecule has 0 aliphatic rings. The summed E-state index contributed by atoms with van der Waals surface area (Å²) in [7, 11) is -1.74. The van der Waals surface area contributed by atoms with Crippen molar-refractivity contribution in [1.29, 1.82) is 0 Å². The van der Waals surface area contributed by atoms with Crippen molar-refractivity contribution in [2.75, 3.05) is 31.8 Å². The lowest BCUT2D eigenvalue weighted by Gasteiger charge is -2.16. The van der Waals surface area contributed by atoms with Crippen molar-refractivity contribution >= 4 is 29.4 Å². The number of hydrogen-bond donors (Lipinski definition) is 1. The van der Waals surface area contributed by atoms with Gasteiger partial charge in [0.2, 0.25) is 0 Å². The van der Waals surface area contributed by atoms with Crippen LogP contribution in [0.5, 0.6) is 0 Å². The van der Waals surface area contributed by atoms with Crippen molar-refractivity contribution < 1.29 is 18.6 Å². The van der Waals surface area contributed by atoms with Crippen molar-refractivity contribution in [3.05, 3.63) is 0 Å². The summed E-state index contributed by atoms with van der Waals surface area (Å²) >= 11 is 3.25. The van der Waals surface area contributed by atoms with Crippen LogP contribution in [0.25, 0.3) is 0 Å². The Labute approximate surface area is 98.5 Å². The van der Waals surface area contributed by atoms with Crippen molar-refractivity contribution in [3.63, 3.8) is 0 Å². The van der Waals surface area contributed by atoms with E-state index in [1.807, 2.05) is 0 Å². The van der Waals surface area contributed by atoms with E-state index in [1.54, 1.807) is 6.92 Å². The Kier molecular flexibility index (Phi) is 8.33. The summed E-state index contributed by atoms with van der Waals surface area (Å²) in [5.74, 6) is -0.506. The highest BCUT2D eigenvalue weighted by atomic mass is 79.9. The summed E-state index contributed by atoms with van der Waals surface area (Å²) in [5.41, 5.74) is 0. The molecule has 0 spiro atoms. The largest absolute Gasteiger partial charge is 0.466 e. The fraction of sp³-hybridized carbons (Fsp3) is 0.875. The molecule has 0 amide bonds. The Hall–Kier alpha value is 0.1000. The molecule has 0 aromatic rings. The Balaban J connectivity index is 4.06. The Morgan fingerprint density at radius 2 is 2.20 bits per heavy atom. The Morgan fingerprint density at radius 1 is 1.53 bits per heavy atom. The molecule has 0 saturated heterocycles. The average Bonchev–Trinajstić information content (AvgIpc) is 2.18. The van der Waals surface area contributed by atoms with Crippen molar-refractivity contribution in [2.45, 2.75) is 13.3 Å². The maximum absolute atomic E-state index is 11.9. The minimum Gasteiger partial charge on any atom is -0.466 e. The summed E-state index contributed by atoms with van der Waals surface area (Å²) < 4.78 is 21.4. The minimum absolute atomic E-state index is 0.223. The first-order valence-corrected chi connectivity index (χ1v) is 7.62. The molecule has 0 heterocycles. The van der Waals surface area contributed by atoms with Crippen LogP contribution in [0.3, 0.4) is 0 Å². The molecule has 0 bridgehead atoms. The van der Waals surface area contributed by atoms with Gasteiger partial charge in [0.15, 0.2) is 0 Å². The molecule has 15 heavy (non-hydrogen) atoms. The smallest absolute Gasteiger partial charge is 0.316 e. The standard InChI is InChI=1S/C8H17BrNO4P/c1-3-14-8(11)7-15(12,13-2)10-6-4-5-9/h3-7H2,1-2H3,(H,10,12).